The second kappa shape index (κ2) is 5.83. The topological polar surface area (TPSA) is 29.5 Å². The summed E-state index contributed by atoms with van der Waals surface area (Å²) in [6.45, 7) is 1.92. The Hall–Kier alpha value is -0.930. The number of aliphatic hydroxyl groups excluding tert-OH is 1. The summed E-state index contributed by atoms with van der Waals surface area (Å²) in [6.07, 6.45) is 0.567. The average Bonchev–Trinajstić information content (AvgIpc) is 2.26. The molecule has 0 spiro atoms. The van der Waals surface area contributed by atoms with E-state index in [0.717, 1.165) is 0 Å². The van der Waals surface area contributed by atoms with Gasteiger partial charge in [-0.1, -0.05) is 18.2 Å². The van der Waals surface area contributed by atoms with E-state index in [1.54, 1.807) is 25.3 Å². The fraction of sp³-hybridized carbons (Fsp3) is 0.500. The molecule has 1 rings (SSSR count). The van der Waals surface area contributed by atoms with E-state index in [2.05, 4.69) is 0 Å². The van der Waals surface area contributed by atoms with E-state index in [-0.39, 0.29) is 11.9 Å². The molecule has 0 aliphatic heterocycles. The molecule has 84 valence electrons. The summed E-state index contributed by atoms with van der Waals surface area (Å²) in [5, 5.41) is 9.75. The molecule has 2 unspecified atom stereocenters. The van der Waals surface area contributed by atoms with Gasteiger partial charge in [-0.25, -0.2) is 4.39 Å². The lowest BCUT2D eigenvalue weighted by atomic mass is 10.0. The molecule has 0 fully saturated rings. The van der Waals surface area contributed by atoms with Gasteiger partial charge < -0.3 is 9.84 Å². The van der Waals surface area contributed by atoms with Gasteiger partial charge in [-0.15, -0.1) is 0 Å². The van der Waals surface area contributed by atoms with Gasteiger partial charge in [0.05, 0.1) is 12.2 Å². The molecular weight excluding hydrogens is 195 g/mol. The normalized spacial score (nSPS) is 14.9. The van der Waals surface area contributed by atoms with Crippen molar-refractivity contribution in [3.05, 3.63) is 35.6 Å². The molecular formula is C12H17FO2. The molecule has 0 saturated carbocycles. The van der Waals surface area contributed by atoms with Crippen LogP contribution in [-0.4, -0.2) is 18.3 Å². The number of methoxy groups -OCH3 is 1. The number of ether oxygens (including phenoxy) is 1. The highest BCUT2D eigenvalue weighted by Crippen LogP contribution is 2.21. The Bertz CT molecular complexity index is 301. The number of benzene rings is 1. The fourth-order valence-electron chi connectivity index (χ4n) is 1.41. The Morgan fingerprint density at radius 2 is 2.00 bits per heavy atom. The number of halogens is 1. The smallest absolute Gasteiger partial charge is 0.128 e. The molecule has 15 heavy (non-hydrogen) atoms. The largest absolute Gasteiger partial charge is 0.388 e. The molecule has 2 nitrogen and oxygen atoms in total. The summed E-state index contributed by atoms with van der Waals surface area (Å²) >= 11 is 0. The van der Waals surface area contributed by atoms with E-state index in [1.807, 2.05) is 6.92 Å². The molecule has 0 saturated heterocycles. The fourth-order valence-corrected chi connectivity index (χ4v) is 1.41. The standard InChI is InChI=1S/C12H17FO2/c1-9(15-2)7-8-12(14)10-5-3-4-6-11(10)13/h3-6,9,12,14H,7-8H2,1-2H3. The van der Waals surface area contributed by atoms with E-state index in [9.17, 15) is 9.50 Å². The van der Waals surface area contributed by atoms with Crippen LogP contribution < -0.4 is 0 Å². The molecule has 1 N–H and O–H groups in total. The summed E-state index contributed by atoms with van der Waals surface area (Å²) in [6, 6.07) is 6.31. The van der Waals surface area contributed by atoms with Gasteiger partial charge in [-0.3, -0.25) is 0 Å². The summed E-state index contributed by atoms with van der Waals surface area (Å²) < 4.78 is 18.3. The first-order valence-corrected chi connectivity index (χ1v) is 5.10. The lowest BCUT2D eigenvalue weighted by Crippen LogP contribution is -2.08. The predicted molar refractivity (Wildman–Crippen MR) is 57.1 cm³/mol. The van der Waals surface area contributed by atoms with Crippen molar-refractivity contribution in [1.82, 2.24) is 0 Å². The third-order valence-electron chi connectivity index (χ3n) is 2.51. The van der Waals surface area contributed by atoms with Gasteiger partial charge in [0.15, 0.2) is 0 Å². The molecule has 0 amide bonds. The Kier molecular flexibility index (Phi) is 4.72. The van der Waals surface area contributed by atoms with E-state index in [1.165, 1.54) is 6.07 Å². The first kappa shape index (κ1) is 12.1. The Balaban J connectivity index is 2.54. The molecule has 0 aliphatic carbocycles. The molecule has 1 aromatic carbocycles. The van der Waals surface area contributed by atoms with Crippen molar-refractivity contribution in [2.75, 3.05) is 7.11 Å². The van der Waals surface area contributed by atoms with Crippen LogP contribution in [0.3, 0.4) is 0 Å². The summed E-state index contributed by atoms with van der Waals surface area (Å²) in [5.41, 5.74) is 0.362. The van der Waals surface area contributed by atoms with Crippen molar-refractivity contribution in [3.8, 4) is 0 Å². The van der Waals surface area contributed by atoms with Crippen LogP contribution in [0.15, 0.2) is 24.3 Å². The van der Waals surface area contributed by atoms with Gasteiger partial charge >= 0.3 is 0 Å². The average molecular weight is 212 g/mol. The van der Waals surface area contributed by atoms with Crippen molar-refractivity contribution in [3.63, 3.8) is 0 Å². The van der Waals surface area contributed by atoms with Crippen molar-refractivity contribution < 1.29 is 14.2 Å². The molecule has 0 bridgehead atoms. The summed E-state index contributed by atoms with van der Waals surface area (Å²) in [5.74, 6) is -0.352. The lowest BCUT2D eigenvalue weighted by Gasteiger charge is -2.14. The zero-order valence-corrected chi connectivity index (χ0v) is 9.11. The highest BCUT2D eigenvalue weighted by atomic mass is 19.1. The minimum absolute atomic E-state index is 0.0893. The van der Waals surface area contributed by atoms with Crippen LogP contribution in [0.25, 0.3) is 0 Å². The van der Waals surface area contributed by atoms with Gasteiger partial charge in [0, 0.05) is 12.7 Å². The maximum atomic E-state index is 13.3. The number of aliphatic hydroxyl groups is 1. The highest BCUT2D eigenvalue weighted by molar-refractivity contribution is 5.19. The Morgan fingerprint density at radius 3 is 2.60 bits per heavy atom. The molecule has 3 heteroatoms. The van der Waals surface area contributed by atoms with Crippen molar-refractivity contribution in [2.24, 2.45) is 0 Å². The predicted octanol–water partition coefficient (Wildman–Crippen LogP) is 2.67. The SMILES string of the molecule is COC(C)CCC(O)c1ccccc1F. The Morgan fingerprint density at radius 1 is 1.33 bits per heavy atom. The van der Waals surface area contributed by atoms with E-state index >= 15 is 0 Å². The molecule has 0 aliphatic rings. The van der Waals surface area contributed by atoms with E-state index in [0.29, 0.717) is 18.4 Å². The van der Waals surface area contributed by atoms with Crippen molar-refractivity contribution in [1.29, 1.82) is 0 Å². The first-order valence-electron chi connectivity index (χ1n) is 5.10. The molecule has 0 radical (unpaired) electrons. The second-order valence-electron chi connectivity index (χ2n) is 3.66. The monoisotopic (exact) mass is 212 g/mol. The minimum atomic E-state index is -0.746. The zero-order valence-electron chi connectivity index (χ0n) is 9.11. The van der Waals surface area contributed by atoms with Gasteiger partial charge in [-0.2, -0.15) is 0 Å². The highest BCUT2D eigenvalue weighted by Gasteiger charge is 2.13. The van der Waals surface area contributed by atoms with E-state index < -0.39 is 6.10 Å². The van der Waals surface area contributed by atoms with Crippen LogP contribution in [-0.2, 0) is 4.74 Å². The Labute approximate surface area is 89.7 Å². The van der Waals surface area contributed by atoms with Crippen LogP contribution in [0.4, 0.5) is 4.39 Å². The van der Waals surface area contributed by atoms with Crippen LogP contribution in [0.5, 0.6) is 0 Å². The number of rotatable bonds is 5. The number of hydrogen-bond donors (Lipinski definition) is 1. The molecule has 0 heterocycles. The first-order chi connectivity index (χ1) is 7.15. The third kappa shape index (κ3) is 3.61. The maximum Gasteiger partial charge on any atom is 0.128 e. The second-order valence-corrected chi connectivity index (χ2v) is 3.66. The molecule has 1 aromatic rings. The van der Waals surface area contributed by atoms with E-state index in [4.69, 9.17) is 4.74 Å². The zero-order chi connectivity index (χ0) is 11.3. The summed E-state index contributed by atoms with van der Waals surface area (Å²) in [4.78, 5) is 0. The van der Waals surface area contributed by atoms with Crippen LogP contribution in [0.1, 0.15) is 31.4 Å². The van der Waals surface area contributed by atoms with Crippen molar-refractivity contribution >= 4 is 0 Å². The van der Waals surface area contributed by atoms with Gasteiger partial charge in [-0.05, 0) is 25.8 Å². The van der Waals surface area contributed by atoms with Crippen LogP contribution in [0.2, 0.25) is 0 Å². The van der Waals surface area contributed by atoms with Crippen LogP contribution in [0, 0.1) is 5.82 Å². The van der Waals surface area contributed by atoms with Crippen molar-refractivity contribution in [2.45, 2.75) is 32.0 Å². The van der Waals surface area contributed by atoms with Crippen LogP contribution >= 0.6 is 0 Å². The minimum Gasteiger partial charge on any atom is -0.388 e. The lowest BCUT2D eigenvalue weighted by molar-refractivity contribution is 0.0841. The number of hydrogen-bond acceptors (Lipinski definition) is 2. The third-order valence-corrected chi connectivity index (χ3v) is 2.51. The van der Waals surface area contributed by atoms with Gasteiger partial charge in [0.2, 0.25) is 0 Å². The van der Waals surface area contributed by atoms with Gasteiger partial charge in [0.1, 0.15) is 5.82 Å². The summed E-state index contributed by atoms with van der Waals surface area (Å²) in [7, 11) is 1.63. The quantitative estimate of drug-likeness (QED) is 0.813. The molecule has 2 atom stereocenters. The van der Waals surface area contributed by atoms with Gasteiger partial charge in [0.25, 0.3) is 0 Å². The maximum absolute atomic E-state index is 13.3. The molecule has 0 aromatic heterocycles.